The summed E-state index contributed by atoms with van der Waals surface area (Å²) < 4.78 is 26.3. The number of H-pyrrole nitrogens is 1. The molecule has 1 N–H and O–H groups in total. The monoisotopic (exact) mass is 376 g/mol. The Morgan fingerprint density at radius 2 is 2.00 bits per heavy atom. The van der Waals surface area contributed by atoms with E-state index in [9.17, 15) is 13.2 Å². The third kappa shape index (κ3) is 2.99. The van der Waals surface area contributed by atoms with E-state index in [1.807, 2.05) is 12.1 Å². The molecule has 1 saturated heterocycles. The Balaban J connectivity index is 1.45. The molecular formula is C16H20N6O3S. The smallest absolute Gasteiger partial charge is 0.278 e. The highest BCUT2D eigenvalue weighted by molar-refractivity contribution is 7.88. The highest BCUT2D eigenvalue weighted by Gasteiger charge is 2.36. The van der Waals surface area contributed by atoms with Crippen molar-refractivity contribution < 1.29 is 13.2 Å². The SMILES string of the molecule is O=C([C@H]1CCCc2cccnc21)N1CCN(S(=O)(=O)c2ncn[nH]2)CC1. The number of aromatic nitrogens is 4. The molecule has 1 aliphatic heterocycles. The Morgan fingerprint density at radius 1 is 1.19 bits per heavy atom. The lowest BCUT2D eigenvalue weighted by atomic mass is 9.85. The van der Waals surface area contributed by atoms with Gasteiger partial charge >= 0.3 is 0 Å². The summed E-state index contributed by atoms with van der Waals surface area (Å²) >= 11 is 0. The van der Waals surface area contributed by atoms with Crippen molar-refractivity contribution in [1.82, 2.24) is 29.4 Å². The lowest BCUT2D eigenvalue weighted by Crippen LogP contribution is -2.52. The van der Waals surface area contributed by atoms with Crippen molar-refractivity contribution in [3.05, 3.63) is 35.9 Å². The molecule has 2 aliphatic rings. The van der Waals surface area contributed by atoms with E-state index in [1.165, 1.54) is 10.6 Å². The van der Waals surface area contributed by atoms with Gasteiger partial charge in [0.2, 0.25) is 5.91 Å². The average molecular weight is 376 g/mol. The van der Waals surface area contributed by atoms with Gasteiger partial charge in [-0.2, -0.15) is 9.40 Å². The van der Waals surface area contributed by atoms with Crippen LogP contribution in [0.3, 0.4) is 0 Å². The standard InChI is InChI=1S/C16H20N6O3S/c23-15(13-5-1-3-12-4-2-6-17-14(12)13)21-7-9-22(10-8-21)26(24,25)16-18-11-19-20-16/h2,4,6,11,13H,1,3,5,7-10H2,(H,18,19,20)/t13-/m0/s1. The van der Waals surface area contributed by atoms with Crippen LogP contribution in [0.5, 0.6) is 0 Å². The summed E-state index contributed by atoms with van der Waals surface area (Å²) in [6.07, 6.45) is 5.61. The van der Waals surface area contributed by atoms with E-state index in [-0.39, 0.29) is 30.1 Å². The topological polar surface area (TPSA) is 112 Å². The van der Waals surface area contributed by atoms with Crippen LogP contribution in [0.2, 0.25) is 0 Å². The van der Waals surface area contributed by atoms with Gasteiger partial charge in [-0.1, -0.05) is 6.07 Å². The predicted molar refractivity (Wildman–Crippen MR) is 91.6 cm³/mol. The third-order valence-electron chi connectivity index (χ3n) is 5.02. The Bertz CT molecular complexity index is 890. The summed E-state index contributed by atoms with van der Waals surface area (Å²) in [4.78, 5) is 22.9. The molecule has 2 aromatic heterocycles. The van der Waals surface area contributed by atoms with E-state index in [1.54, 1.807) is 11.1 Å². The van der Waals surface area contributed by atoms with Crippen LogP contribution in [0.1, 0.15) is 30.0 Å². The van der Waals surface area contributed by atoms with Crippen LogP contribution in [0, 0.1) is 0 Å². The van der Waals surface area contributed by atoms with Crippen molar-refractivity contribution in [2.45, 2.75) is 30.3 Å². The fourth-order valence-corrected chi connectivity index (χ4v) is 4.90. The van der Waals surface area contributed by atoms with Crippen molar-refractivity contribution in [2.75, 3.05) is 26.2 Å². The van der Waals surface area contributed by atoms with E-state index in [4.69, 9.17) is 0 Å². The third-order valence-corrected chi connectivity index (χ3v) is 6.75. The maximum absolute atomic E-state index is 13.0. The minimum absolute atomic E-state index is 0.0429. The van der Waals surface area contributed by atoms with E-state index in [0.717, 1.165) is 30.5 Å². The number of aromatic amines is 1. The van der Waals surface area contributed by atoms with Crippen molar-refractivity contribution in [3.8, 4) is 0 Å². The highest BCUT2D eigenvalue weighted by Crippen LogP contribution is 2.31. The first-order valence-electron chi connectivity index (χ1n) is 8.65. The van der Waals surface area contributed by atoms with Gasteiger partial charge in [-0.15, -0.1) is 0 Å². The molecule has 2 aromatic rings. The zero-order chi connectivity index (χ0) is 18.1. The lowest BCUT2D eigenvalue weighted by molar-refractivity contribution is -0.134. The van der Waals surface area contributed by atoms with Crippen LogP contribution in [0.25, 0.3) is 0 Å². The van der Waals surface area contributed by atoms with Gasteiger partial charge in [0.25, 0.3) is 15.2 Å². The summed E-state index contributed by atoms with van der Waals surface area (Å²) in [6, 6.07) is 3.93. The maximum Gasteiger partial charge on any atom is 0.278 e. The number of fused-ring (bicyclic) bond motifs is 1. The number of hydrogen-bond donors (Lipinski definition) is 1. The van der Waals surface area contributed by atoms with Gasteiger partial charge in [0.15, 0.2) is 0 Å². The van der Waals surface area contributed by atoms with Crippen LogP contribution >= 0.6 is 0 Å². The largest absolute Gasteiger partial charge is 0.339 e. The molecule has 0 saturated carbocycles. The lowest BCUT2D eigenvalue weighted by Gasteiger charge is -2.36. The average Bonchev–Trinajstić information content (AvgIpc) is 3.23. The van der Waals surface area contributed by atoms with Gasteiger partial charge < -0.3 is 4.90 Å². The highest BCUT2D eigenvalue weighted by atomic mass is 32.2. The molecule has 138 valence electrons. The molecule has 3 heterocycles. The molecule has 1 atom stereocenters. The number of amides is 1. The van der Waals surface area contributed by atoms with Gasteiger partial charge in [-0.25, -0.2) is 18.5 Å². The van der Waals surface area contributed by atoms with E-state index in [0.29, 0.717) is 13.1 Å². The summed E-state index contributed by atoms with van der Waals surface area (Å²) in [5, 5.41) is 5.82. The number of aryl methyl sites for hydroxylation is 1. The summed E-state index contributed by atoms with van der Waals surface area (Å²) in [5.41, 5.74) is 2.02. The number of nitrogens with one attached hydrogen (secondary N) is 1. The molecule has 0 spiro atoms. The quantitative estimate of drug-likeness (QED) is 0.816. The number of carbonyl (C=O) groups excluding carboxylic acids is 1. The fourth-order valence-electron chi connectivity index (χ4n) is 3.66. The second-order valence-corrected chi connectivity index (χ2v) is 8.37. The van der Waals surface area contributed by atoms with E-state index < -0.39 is 10.0 Å². The maximum atomic E-state index is 13.0. The van der Waals surface area contributed by atoms with Gasteiger partial charge in [0.1, 0.15) is 6.33 Å². The molecule has 1 amide bonds. The number of piperazine rings is 1. The first-order chi connectivity index (χ1) is 12.6. The molecule has 0 bridgehead atoms. The Hall–Kier alpha value is -2.33. The molecule has 1 fully saturated rings. The zero-order valence-corrected chi connectivity index (χ0v) is 15.0. The number of rotatable bonds is 3. The van der Waals surface area contributed by atoms with Gasteiger partial charge in [-0.3, -0.25) is 9.78 Å². The zero-order valence-electron chi connectivity index (χ0n) is 14.2. The minimum atomic E-state index is -3.69. The second kappa shape index (κ2) is 6.76. The van der Waals surface area contributed by atoms with Gasteiger partial charge in [0.05, 0.1) is 11.6 Å². The molecule has 1 aliphatic carbocycles. The molecule has 0 radical (unpaired) electrons. The second-order valence-electron chi connectivity index (χ2n) is 6.51. The molecule has 9 nitrogen and oxygen atoms in total. The summed E-state index contributed by atoms with van der Waals surface area (Å²) in [5.74, 6) is -0.182. The molecule has 0 unspecified atom stereocenters. The molecule has 4 rings (SSSR count). The molecule has 26 heavy (non-hydrogen) atoms. The Labute approximate surface area is 151 Å². The normalized spacial score (nSPS) is 21.4. The van der Waals surface area contributed by atoms with Crippen molar-refractivity contribution in [3.63, 3.8) is 0 Å². The first-order valence-corrected chi connectivity index (χ1v) is 10.1. The summed E-state index contributed by atoms with van der Waals surface area (Å²) in [7, 11) is -3.69. The molecular weight excluding hydrogens is 356 g/mol. The van der Waals surface area contributed by atoms with Crippen LogP contribution in [0.4, 0.5) is 0 Å². The van der Waals surface area contributed by atoms with Crippen molar-refractivity contribution in [2.24, 2.45) is 0 Å². The Morgan fingerprint density at radius 3 is 2.73 bits per heavy atom. The van der Waals surface area contributed by atoms with E-state index >= 15 is 0 Å². The molecule has 10 heteroatoms. The fraction of sp³-hybridized carbons (Fsp3) is 0.500. The Kier molecular flexibility index (Phi) is 4.45. The van der Waals surface area contributed by atoms with Gasteiger partial charge in [0, 0.05) is 32.4 Å². The van der Waals surface area contributed by atoms with Crippen molar-refractivity contribution in [1.29, 1.82) is 0 Å². The predicted octanol–water partition coefficient (Wildman–Crippen LogP) is 0.153. The molecule has 0 aromatic carbocycles. The van der Waals surface area contributed by atoms with Crippen molar-refractivity contribution >= 4 is 15.9 Å². The van der Waals surface area contributed by atoms with E-state index in [2.05, 4.69) is 20.2 Å². The summed E-state index contributed by atoms with van der Waals surface area (Å²) in [6.45, 7) is 1.23. The number of sulfonamides is 1. The minimum Gasteiger partial charge on any atom is -0.339 e. The number of hydrogen-bond acceptors (Lipinski definition) is 6. The van der Waals surface area contributed by atoms with Crippen LogP contribution in [0.15, 0.2) is 29.8 Å². The number of pyridine rings is 1. The van der Waals surface area contributed by atoms with Crippen LogP contribution in [-0.4, -0.2) is 69.9 Å². The first kappa shape index (κ1) is 17.1. The van der Waals surface area contributed by atoms with Crippen LogP contribution in [-0.2, 0) is 21.2 Å². The number of carbonyl (C=O) groups is 1. The number of nitrogens with zero attached hydrogens (tertiary/aromatic N) is 5. The van der Waals surface area contributed by atoms with Crippen LogP contribution < -0.4 is 0 Å². The van der Waals surface area contributed by atoms with Gasteiger partial charge in [-0.05, 0) is 30.9 Å².